The molecule has 1 amide bonds. The molecule has 0 saturated heterocycles. The number of H-pyrrole nitrogens is 1. The van der Waals surface area contributed by atoms with E-state index in [0.29, 0.717) is 11.5 Å². The number of aromatic amines is 1. The number of hydrogen-bond donors (Lipinski definition) is 2. The van der Waals surface area contributed by atoms with Crippen molar-refractivity contribution in [3.8, 4) is 5.75 Å². The van der Waals surface area contributed by atoms with Crippen LogP contribution in [0.1, 0.15) is 16.1 Å². The zero-order valence-corrected chi connectivity index (χ0v) is 11.8. The van der Waals surface area contributed by atoms with Gasteiger partial charge in [-0.25, -0.2) is 4.98 Å². The Labute approximate surface area is 122 Å². The molecule has 0 aliphatic rings. The van der Waals surface area contributed by atoms with Crippen molar-refractivity contribution in [2.45, 2.75) is 6.92 Å². The van der Waals surface area contributed by atoms with Gasteiger partial charge >= 0.3 is 0 Å². The fourth-order valence-electron chi connectivity index (χ4n) is 2.15. The molecule has 2 aromatic heterocycles. The lowest BCUT2D eigenvalue weighted by Crippen LogP contribution is -2.14. The quantitative estimate of drug-likeness (QED) is 0.775. The summed E-state index contributed by atoms with van der Waals surface area (Å²) in [7, 11) is 1.62. The van der Waals surface area contributed by atoms with Gasteiger partial charge in [0.05, 0.1) is 7.11 Å². The molecule has 0 unspecified atom stereocenters. The third-order valence-corrected chi connectivity index (χ3v) is 3.31. The summed E-state index contributed by atoms with van der Waals surface area (Å²) in [5.41, 5.74) is 2.30. The minimum absolute atomic E-state index is 0.216. The second kappa shape index (κ2) is 5.28. The first-order valence-corrected chi connectivity index (χ1v) is 6.57. The summed E-state index contributed by atoms with van der Waals surface area (Å²) < 4.78 is 5.18. The van der Waals surface area contributed by atoms with Gasteiger partial charge in [-0.05, 0) is 42.8 Å². The number of methoxy groups -OCH3 is 1. The van der Waals surface area contributed by atoms with Gasteiger partial charge in [0.2, 0.25) is 0 Å². The molecular formula is C16H15N3O2. The molecular weight excluding hydrogens is 266 g/mol. The van der Waals surface area contributed by atoms with Gasteiger partial charge in [0.15, 0.2) is 0 Å². The average molecular weight is 281 g/mol. The molecule has 5 nitrogen and oxygen atoms in total. The number of carbonyl (C=O) groups is 1. The molecule has 0 spiro atoms. The van der Waals surface area contributed by atoms with Crippen molar-refractivity contribution in [1.29, 1.82) is 0 Å². The average Bonchev–Trinajstić information content (AvgIpc) is 2.92. The van der Waals surface area contributed by atoms with Gasteiger partial charge in [-0.1, -0.05) is 6.07 Å². The van der Waals surface area contributed by atoms with Crippen LogP contribution in [0.3, 0.4) is 0 Å². The predicted molar refractivity (Wildman–Crippen MR) is 81.8 cm³/mol. The highest BCUT2D eigenvalue weighted by molar-refractivity contribution is 6.05. The standard InChI is InChI=1S/C16H15N3O2/c1-10-4-3-7-17-15(10)19-16(20)14-9-11-8-12(21-2)5-6-13(11)18-14/h3-9,18H,1-2H3,(H,17,19,20). The van der Waals surface area contributed by atoms with Crippen molar-refractivity contribution < 1.29 is 9.53 Å². The Morgan fingerprint density at radius 2 is 2.14 bits per heavy atom. The molecule has 5 heteroatoms. The number of fused-ring (bicyclic) bond motifs is 1. The van der Waals surface area contributed by atoms with E-state index >= 15 is 0 Å². The van der Waals surface area contributed by atoms with Crippen molar-refractivity contribution in [3.63, 3.8) is 0 Å². The van der Waals surface area contributed by atoms with E-state index in [9.17, 15) is 4.79 Å². The highest BCUT2D eigenvalue weighted by Crippen LogP contribution is 2.22. The number of hydrogen-bond acceptors (Lipinski definition) is 3. The van der Waals surface area contributed by atoms with Gasteiger partial charge in [-0.15, -0.1) is 0 Å². The van der Waals surface area contributed by atoms with Crippen molar-refractivity contribution >= 4 is 22.6 Å². The molecule has 0 saturated carbocycles. The summed E-state index contributed by atoms with van der Waals surface area (Å²) in [6, 6.07) is 11.2. The maximum Gasteiger partial charge on any atom is 0.273 e. The molecule has 2 N–H and O–H groups in total. The lowest BCUT2D eigenvalue weighted by atomic mass is 10.2. The minimum Gasteiger partial charge on any atom is -0.497 e. The summed E-state index contributed by atoms with van der Waals surface area (Å²) >= 11 is 0. The smallest absolute Gasteiger partial charge is 0.273 e. The summed E-state index contributed by atoms with van der Waals surface area (Å²) in [4.78, 5) is 19.5. The van der Waals surface area contributed by atoms with E-state index in [-0.39, 0.29) is 5.91 Å². The van der Waals surface area contributed by atoms with E-state index < -0.39 is 0 Å². The van der Waals surface area contributed by atoms with Crippen LogP contribution in [0.2, 0.25) is 0 Å². The number of pyridine rings is 1. The van der Waals surface area contributed by atoms with Gasteiger partial charge in [0.25, 0.3) is 5.91 Å². The lowest BCUT2D eigenvalue weighted by molar-refractivity contribution is 0.102. The van der Waals surface area contributed by atoms with Crippen LogP contribution in [0.15, 0.2) is 42.6 Å². The second-order valence-corrected chi connectivity index (χ2v) is 4.76. The normalized spacial score (nSPS) is 10.6. The van der Waals surface area contributed by atoms with Gasteiger partial charge in [-0.3, -0.25) is 4.79 Å². The van der Waals surface area contributed by atoms with E-state index in [4.69, 9.17) is 4.74 Å². The number of amides is 1. The molecule has 2 heterocycles. The largest absolute Gasteiger partial charge is 0.497 e. The van der Waals surface area contributed by atoms with E-state index in [1.165, 1.54) is 0 Å². The zero-order valence-electron chi connectivity index (χ0n) is 11.8. The topological polar surface area (TPSA) is 67.0 Å². The first-order valence-electron chi connectivity index (χ1n) is 6.57. The number of nitrogens with zero attached hydrogens (tertiary/aromatic N) is 1. The molecule has 0 radical (unpaired) electrons. The maximum atomic E-state index is 12.3. The monoisotopic (exact) mass is 281 g/mol. The Balaban J connectivity index is 1.89. The number of benzene rings is 1. The first-order chi connectivity index (χ1) is 10.2. The van der Waals surface area contributed by atoms with Crippen molar-refractivity contribution in [3.05, 3.63) is 53.9 Å². The third-order valence-electron chi connectivity index (χ3n) is 3.31. The van der Waals surface area contributed by atoms with Crippen molar-refractivity contribution in [1.82, 2.24) is 9.97 Å². The number of aryl methyl sites for hydroxylation is 1. The number of nitrogens with one attached hydrogen (secondary N) is 2. The zero-order chi connectivity index (χ0) is 14.8. The van der Waals surface area contributed by atoms with Crippen molar-refractivity contribution in [2.75, 3.05) is 12.4 Å². The number of anilines is 1. The summed E-state index contributed by atoms with van der Waals surface area (Å²) in [6.45, 7) is 1.90. The van der Waals surface area contributed by atoms with Gasteiger partial charge in [-0.2, -0.15) is 0 Å². The maximum absolute atomic E-state index is 12.3. The minimum atomic E-state index is -0.216. The number of aromatic nitrogens is 2. The highest BCUT2D eigenvalue weighted by atomic mass is 16.5. The number of ether oxygens (including phenoxy) is 1. The third kappa shape index (κ3) is 2.58. The Bertz CT molecular complexity index is 808. The molecule has 1 aromatic carbocycles. The van der Waals surface area contributed by atoms with Crippen molar-refractivity contribution in [2.24, 2.45) is 0 Å². The van der Waals surface area contributed by atoms with Crippen LogP contribution in [-0.4, -0.2) is 23.0 Å². The number of rotatable bonds is 3. The van der Waals surface area contributed by atoms with E-state index in [1.54, 1.807) is 19.4 Å². The van der Waals surface area contributed by atoms with E-state index in [0.717, 1.165) is 22.2 Å². The molecule has 0 atom stereocenters. The van der Waals surface area contributed by atoms with E-state index in [2.05, 4.69) is 15.3 Å². The van der Waals surface area contributed by atoms with Crippen LogP contribution in [0.4, 0.5) is 5.82 Å². The molecule has 0 fully saturated rings. The molecule has 0 aliphatic carbocycles. The Morgan fingerprint density at radius 1 is 1.29 bits per heavy atom. The summed E-state index contributed by atoms with van der Waals surface area (Å²) in [5.74, 6) is 1.11. The highest BCUT2D eigenvalue weighted by Gasteiger charge is 2.11. The van der Waals surface area contributed by atoms with Gasteiger partial charge < -0.3 is 15.0 Å². The first kappa shape index (κ1) is 13.2. The van der Waals surface area contributed by atoms with Gasteiger partial charge in [0.1, 0.15) is 17.3 Å². The molecule has 0 bridgehead atoms. The van der Waals surface area contributed by atoms with Gasteiger partial charge in [0, 0.05) is 17.1 Å². The van der Waals surface area contributed by atoms with Crippen LogP contribution in [-0.2, 0) is 0 Å². The Morgan fingerprint density at radius 3 is 2.90 bits per heavy atom. The fourth-order valence-corrected chi connectivity index (χ4v) is 2.15. The SMILES string of the molecule is COc1ccc2[nH]c(C(=O)Nc3ncccc3C)cc2c1. The van der Waals surface area contributed by atoms with E-state index in [1.807, 2.05) is 37.3 Å². The van der Waals surface area contributed by atoms with Crippen LogP contribution in [0, 0.1) is 6.92 Å². The molecule has 3 rings (SSSR count). The molecule has 21 heavy (non-hydrogen) atoms. The Hall–Kier alpha value is -2.82. The second-order valence-electron chi connectivity index (χ2n) is 4.76. The molecule has 106 valence electrons. The summed E-state index contributed by atoms with van der Waals surface area (Å²) in [6.07, 6.45) is 1.65. The lowest BCUT2D eigenvalue weighted by Gasteiger charge is -2.05. The van der Waals surface area contributed by atoms with Crippen LogP contribution in [0.25, 0.3) is 10.9 Å². The fraction of sp³-hybridized carbons (Fsp3) is 0.125. The summed E-state index contributed by atoms with van der Waals surface area (Å²) in [5, 5.41) is 3.73. The van der Waals surface area contributed by atoms with Crippen LogP contribution in [0.5, 0.6) is 5.75 Å². The van der Waals surface area contributed by atoms with Crippen LogP contribution < -0.4 is 10.1 Å². The van der Waals surface area contributed by atoms with Crippen LogP contribution >= 0.6 is 0 Å². The Kier molecular flexibility index (Phi) is 3.31. The molecule has 3 aromatic rings. The number of carbonyl (C=O) groups excluding carboxylic acids is 1. The predicted octanol–water partition coefficient (Wildman–Crippen LogP) is 3.13. The molecule has 0 aliphatic heterocycles.